The highest BCUT2D eigenvalue weighted by molar-refractivity contribution is 6.30. The summed E-state index contributed by atoms with van der Waals surface area (Å²) in [5, 5.41) is 0. The van der Waals surface area contributed by atoms with Crippen LogP contribution in [0.4, 0.5) is 0 Å². The van der Waals surface area contributed by atoms with Gasteiger partial charge in [-0.05, 0) is 26.3 Å². The number of hydrogen-bond donors (Lipinski definition) is 0. The molecule has 1 aliphatic heterocycles. The van der Waals surface area contributed by atoms with Gasteiger partial charge in [0, 0.05) is 16.7 Å². The standard InChI is InChI=1S/C26H24O7/c1-25(2,3)33-20(27)13-26(24(30)31-14-16-9-5-4-6-10-16)21-19(15-32-26)22(28)17-11-7-8-12-18(17)23(21)29/h4-12H,13-15H2,1-3H3. The molecule has 0 amide bonds. The van der Waals surface area contributed by atoms with E-state index in [0.29, 0.717) is 0 Å². The van der Waals surface area contributed by atoms with Crippen LogP contribution in [0.25, 0.3) is 0 Å². The van der Waals surface area contributed by atoms with Crippen molar-refractivity contribution in [1.82, 2.24) is 0 Å². The fourth-order valence-corrected chi connectivity index (χ4v) is 4.05. The summed E-state index contributed by atoms with van der Waals surface area (Å²) in [7, 11) is 0. The van der Waals surface area contributed by atoms with Gasteiger partial charge in [0.05, 0.1) is 18.6 Å². The third kappa shape index (κ3) is 4.24. The van der Waals surface area contributed by atoms with Crippen LogP contribution in [-0.2, 0) is 30.4 Å². The third-order valence-electron chi connectivity index (χ3n) is 5.44. The predicted molar refractivity (Wildman–Crippen MR) is 118 cm³/mol. The van der Waals surface area contributed by atoms with Crippen LogP contribution in [0, 0.1) is 0 Å². The molecule has 0 fully saturated rings. The van der Waals surface area contributed by atoms with Gasteiger partial charge < -0.3 is 14.2 Å². The summed E-state index contributed by atoms with van der Waals surface area (Å²) in [5.41, 5.74) is -1.82. The molecule has 2 aliphatic rings. The Morgan fingerprint density at radius 3 is 2.18 bits per heavy atom. The summed E-state index contributed by atoms with van der Waals surface area (Å²) in [4.78, 5) is 52.7. The Bertz CT molecular complexity index is 1170. The van der Waals surface area contributed by atoms with E-state index in [1.807, 2.05) is 6.07 Å². The zero-order chi connectivity index (χ0) is 23.8. The highest BCUT2D eigenvalue weighted by atomic mass is 16.6. The number of benzene rings is 2. The van der Waals surface area contributed by atoms with Gasteiger partial charge >= 0.3 is 11.9 Å². The molecule has 4 rings (SSSR count). The first kappa shape index (κ1) is 22.6. The second-order valence-corrected chi connectivity index (χ2v) is 9.00. The van der Waals surface area contributed by atoms with Gasteiger partial charge in [-0.2, -0.15) is 0 Å². The average molecular weight is 448 g/mol. The maximum absolute atomic E-state index is 13.5. The van der Waals surface area contributed by atoms with Gasteiger partial charge in [0.15, 0.2) is 11.6 Å². The average Bonchev–Trinajstić information content (AvgIpc) is 3.16. The number of fused-ring (bicyclic) bond motifs is 1. The molecule has 2 aromatic rings. The van der Waals surface area contributed by atoms with Crippen molar-refractivity contribution in [2.45, 2.75) is 45.0 Å². The lowest BCUT2D eigenvalue weighted by Crippen LogP contribution is -2.47. The molecule has 0 spiro atoms. The van der Waals surface area contributed by atoms with Crippen molar-refractivity contribution < 1.29 is 33.4 Å². The molecule has 1 atom stereocenters. The molecule has 0 radical (unpaired) electrons. The monoisotopic (exact) mass is 448 g/mol. The molecule has 2 aromatic carbocycles. The Kier molecular flexibility index (Phi) is 5.76. The van der Waals surface area contributed by atoms with E-state index >= 15 is 0 Å². The molecular formula is C26H24O7. The number of ether oxygens (including phenoxy) is 3. The lowest BCUT2D eigenvalue weighted by atomic mass is 9.77. The summed E-state index contributed by atoms with van der Waals surface area (Å²) >= 11 is 0. The number of esters is 2. The summed E-state index contributed by atoms with van der Waals surface area (Å²) in [6, 6.07) is 15.3. The maximum atomic E-state index is 13.5. The van der Waals surface area contributed by atoms with Crippen molar-refractivity contribution in [3.63, 3.8) is 0 Å². The van der Waals surface area contributed by atoms with Crippen molar-refractivity contribution >= 4 is 23.5 Å². The van der Waals surface area contributed by atoms with Crippen molar-refractivity contribution in [2.24, 2.45) is 0 Å². The Labute approximate surface area is 191 Å². The number of ketones is 2. The van der Waals surface area contributed by atoms with E-state index in [-0.39, 0.29) is 35.5 Å². The molecule has 1 aliphatic carbocycles. The number of carbonyl (C=O) groups is 4. The second-order valence-electron chi connectivity index (χ2n) is 9.00. The number of carbonyl (C=O) groups excluding carboxylic acids is 4. The second kappa shape index (κ2) is 8.41. The minimum atomic E-state index is -2.06. The molecule has 1 heterocycles. The first-order valence-electron chi connectivity index (χ1n) is 10.6. The van der Waals surface area contributed by atoms with Crippen LogP contribution in [-0.4, -0.2) is 41.3 Å². The number of rotatable bonds is 5. The van der Waals surface area contributed by atoms with Gasteiger partial charge in [0.2, 0.25) is 5.60 Å². The van der Waals surface area contributed by atoms with E-state index in [1.54, 1.807) is 63.2 Å². The lowest BCUT2D eigenvalue weighted by Gasteiger charge is -2.30. The van der Waals surface area contributed by atoms with Gasteiger partial charge in [-0.1, -0.05) is 54.6 Å². The lowest BCUT2D eigenvalue weighted by molar-refractivity contribution is -0.176. The smallest absolute Gasteiger partial charge is 0.344 e. The highest BCUT2D eigenvalue weighted by Crippen LogP contribution is 2.43. The Balaban J connectivity index is 1.73. The normalized spacial score (nSPS) is 19.7. The molecule has 1 unspecified atom stereocenters. The van der Waals surface area contributed by atoms with Crippen molar-refractivity contribution in [3.8, 4) is 0 Å². The molecule has 0 saturated carbocycles. The number of hydrogen-bond acceptors (Lipinski definition) is 7. The van der Waals surface area contributed by atoms with Crippen LogP contribution < -0.4 is 0 Å². The fourth-order valence-electron chi connectivity index (χ4n) is 4.05. The first-order valence-corrected chi connectivity index (χ1v) is 10.6. The molecule has 0 N–H and O–H groups in total. The zero-order valence-electron chi connectivity index (χ0n) is 18.7. The summed E-state index contributed by atoms with van der Waals surface area (Å²) in [6.45, 7) is 4.71. The van der Waals surface area contributed by atoms with Crippen LogP contribution in [0.3, 0.4) is 0 Å². The highest BCUT2D eigenvalue weighted by Gasteiger charge is 2.57. The van der Waals surface area contributed by atoms with Crippen LogP contribution in [0.15, 0.2) is 65.7 Å². The zero-order valence-corrected chi connectivity index (χ0v) is 18.7. The van der Waals surface area contributed by atoms with Gasteiger partial charge in [0.1, 0.15) is 12.2 Å². The van der Waals surface area contributed by atoms with Gasteiger partial charge in [-0.15, -0.1) is 0 Å². The van der Waals surface area contributed by atoms with E-state index in [4.69, 9.17) is 14.2 Å². The van der Waals surface area contributed by atoms with Crippen LogP contribution in [0.5, 0.6) is 0 Å². The first-order chi connectivity index (χ1) is 15.6. The van der Waals surface area contributed by atoms with Crippen LogP contribution >= 0.6 is 0 Å². The Morgan fingerprint density at radius 1 is 0.939 bits per heavy atom. The summed E-state index contributed by atoms with van der Waals surface area (Å²) in [5.74, 6) is -2.59. The van der Waals surface area contributed by atoms with Crippen LogP contribution in [0.1, 0.15) is 53.5 Å². The SMILES string of the molecule is CC(C)(C)OC(=O)CC1(C(=O)OCc2ccccc2)OCC2=C1C(=O)c1ccccc1C2=O. The molecule has 33 heavy (non-hydrogen) atoms. The molecule has 7 heteroatoms. The van der Waals surface area contributed by atoms with Gasteiger partial charge in [-0.3, -0.25) is 14.4 Å². The molecule has 0 saturated heterocycles. The quantitative estimate of drug-likeness (QED) is 0.645. The molecule has 0 aromatic heterocycles. The van der Waals surface area contributed by atoms with Gasteiger partial charge in [-0.25, -0.2) is 4.79 Å². The van der Waals surface area contributed by atoms with Crippen molar-refractivity contribution in [3.05, 3.63) is 82.4 Å². The Morgan fingerprint density at radius 2 is 1.55 bits per heavy atom. The minimum absolute atomic E-state index is 0.0684. The van der Waals surface area contributed by atoms with Gasteiger partial charge in [0.25, 0.3) is 0 Å². The Hall–Kier alpha value is -3.58. The van der Waals surface area contributed by atoms with E-state index in [2.05, 4.69) is 0 Å². The summed E-state index contributed by atoms with van der Waals surface area (Å²) in [6.07, 6.45) is -0.585. The fraction of sp³-hybridized carbons (Fsp3) is 0.308. The van der Waals surface area contributed by atoms with E-state index in [0.717, 1.165) is 5.56 Å². The van der Waals surface area contributed by atoms with E-state index in [9.17, 15) is 19.2 Å². The van der Waals surface area contributed by atoms with Crippen LogP contribution in [0.2, 0.25) is 0 Å². The summed E-state index contributed by atoms with van der Waals surface area (Å²) < 4.78 is 16.7. The predicted octanol–water partition coefficient (Wildman–Crippen LogP) is 3.61. The third-order valence-corrected chi connectivity index (χ3v) is 5.44. The van der Waals surface area contributed by atoms with E-state index in [1.165, 1.54) is 6.07 Å². The minimum Gasteiger partial charge on any atom is -0.460 e. The molecule has 0 bridgehead atoms. The largest absolute Gasteiger partial charge is 0.460 e. The molecule has 170 valence electrons. The maximum Gasteiger partial charge on any atom is 0.344 e. The topological polar surface area (TPSA) is 96.0 Å². The van der Waals surface area contributed by atoms with Crippen molar-refractivity contribution in [2.75, 3.05) is 6.61 Å². The molecular weight excluding hydrogens is 424 g/mol. The number of Topliss-reactive ketones (excluding diaryl/α,β-unsaturated/α-hetero) is 2. The van der Waals surface area contributed by atoms with Crippen molar-refractivity contribution in [1.29, 1.82) is 0 Å². The molecule has 7 nitrogen and oxygen atoms in total. The van der Waals surface area contributed by atoms with E-state index < -0.39 is 41.1 Å².